The van der Waals surface area contributed by atoms with Gasteiger partial charge in [-0.2, -0.15) is 11.8 Å². The van der Waals surface area contributed by atoms with E-state index in [2.05, 4.69) is 13.8 Å². The van der Waals surface area contributed by atoms with Crippen molar-refractivity contribution < 1.29 is 5.11 Å². The number of aliphatic hydroxyl groups excluding tert-OH is 1. The zero-order valence-electron chi connectivity index (χ0n) is 7.58. The summed E-state index contributed by atoms with van der Waals surface area (Å²) in [5, 5.41) is 9.53. The predicted octanol–water partition coefficient (Wildman–Crippen LogP) is 1.23. The van der Waals surface area contributed by atoms with E-state index in [1.54, 1.807) is 11.8 Å². The molecule has 0 fully saturated rings. The molecule has 0 rings (SSSR count). The van der Waals surface area contributed by atoms with Crippen molar-refractivity contribution in [3.8, 4) is 0 Å². The van der Waals surface area contributed by atoms with Gasteiger partial charge in [0.1, 0.15) is 0 Å². The molecule has 0 aliphatic carbocycles. The summed E-state index contributed by atoms with van der Waals surface area (Å²) < 4.78 is 0. The van der Waals surface area contributed by atoms with Gasteiger partial charge in [-0.15, -0.1) is 0 Å². The van der Waals surface area contributed by atoms with E-state index in [1.807, 2.05) is 6.92 Å². The van der Waals surface area contributed by atoms with Crippen LogP contribution in [0.1, 0.15) is 27.2 Å². The van der Waals surface area contributed by atoms with Crippen molar-refractivity contribution in [3.63, 3.8) is 0 Å². The fraction of sp³-hybridized carbons (Fsp3) is 1.00. The van der Waals surface area contributed by atoms with Crippen molar-refractivity contribution in [1.29, 1.82) is 0 Å². The lowest BCUT2D eigenvalue weighted by atomic mass is 10.2. The minimum absolute atomic E-state index is 0.242. The molecular weight excluding hydrogens is 158 g/mol. The van der Waals surface area contributed by atoms with Crippen LogP contribution >= 0.6 is 11.8 Å². The van der Waals surface area contributed by atoms with Gasteiger partial charge in [0.05, 0.1) is 6.61 Å². The van der Waals surface area contributed by atoms with Gasteiger partial charge in [0.15, 0.2) is 0 Å². The van der Waals surface area contributed by atoms with Crippen LogP contribution in [-0.4, -0.2) is 28.3 Å². The topological polar surface area (TPSA) is 46.2 Å². The summed E-state index contributed by atoms with van der Waals surface area (Å²) >= 11 is 1.76. The second-order valence-corrected chi connectivity index (χ2v) is 4.73. The van der Waals surface area contributed by atoms with Crippen LogP contribution < -0.4 is 5.73 Å². The van der Waals surface area contributed by atoms with Crippen LogP contribution in [0.4, 0.5) is 0 Å². The fourth-order valence-electron chi connectivity index (χ4n) is 0.842. The molecule has 0 radical (unpaired) electrons. The first-order chi connectivity index (χ1) is 5.11. The van der Waals surface area contributed by atoms with Gasteiger partial charge in [-0.05, 0) is 6.42 Å². The van der Waals surface area contributed by atoms with Gasteiger partial charge in [-0.1, -0.05) is 20.8 Å². The molecule has 3 heteroatoms. The first-order valence-corrected chi connectivity index (χ1v) is 5.08. The quantitative estimate of drug-likeness (QED) is 0.664. The Kier molecular flexibility index (Phi) is 6.01. The largest absolute Gasteiger partial charge is 0.395 e. The Morgan fingerprint density at radius 2 is 2.00 bits per heavy atom. The van der Waals surface area contributed by atoms with E-state index in [1.165, 1.54) is 0 Å². The summed E-state index contributed by atoms with van der Waals surface area (Å²) in [6.45, 7) is 6.46. The molecule has 0 aliphatic rings. The van der Waals surface area contributed by atoms with Crippen LogP contribution in [0.15, 0.2) is 0 Å². The highest BCUT2D eigenvalue weighted by molar-refractivity contribution is 8.00. The molecule has 0 saturated heterocycles. The van der Waals surface area contributed by atoms with E-state index in [-0.39, 0.29) is 12.6 Å². The van der Waals surface area contributed by atoms with Gasteiger partial charge in [-0.25, -0.2) is 0 Å². The molecule has 3 atom stereocenters. The van der Waals surface area contributed by atoms with Gasteiger partial charge in [0.2, 0.25) is 0 Å². The van der Waals surface area contributed by atoms with Gasteiger partial charge >= 0.3 is 0 Å². The van der Waals surface area contributed by atoms with E-state index in [9.17, 15) is 0 Å². The Morgan fingerprint density at radius 1 is 1.45 bits per heavy atom. The number of rotatable bonds is 5. The Balaban J connectivity index is 3.58. The minimum atomic E-state index is 0.242. The van der Waals surface area contributed by atoms with E-state index in [0.717, 1.165) is 6.42 Å². The first kappa shape index (κ1) is 11.3. The van der Waals surface area contributed by atoms with Gasteiger partial charge < -0.3 is 10.8 Å². The van der Waals surface area contributed by atoms with Gasteiger partial charge in [0, 0.05) is 16.5 Å². The maximum absolute atomic E-state index is 8.78. The predicted molar refractivity (Wildman–Crippen MR) is 51.9 cm³/mol. The van der Waals surface area contributed by atoms with Crippen molar-refractivity contribution in [3.05, 3.63) is 0 Å². The molecule has 0 spiro atoms. The lowest BCUT2D eigenvalue weighted by Crippen LogP contribution is -2.31. The van der Waals surface area contributed by atoms with E-state index in [4.69, 9.17) is 10.8 Å². The molecule has 2 nitrogen and oxygen atoms in total. The average Bonchev–Trinajstić information content (AvgIpc) is 2.02. The second kappa shape index (κ2) is 5.86. The third-order valence-electron chi connectivity index (χ3n) is 1.78. The van der Waals surface area contributed by atoms with E-state index in [0.29, 0.717) is 10.5 Å². The maximum atomic E-state index is 8.78. The standard InChI is InChI=1S/C8H19NOS/c1-4-8(9)7(3)11-6(2)5-10/h6-8,10H,4-5,9H2,1-3H3. The molecule has 0 aromatic rings. The van der Waals surface area contributed by atoms with Crippen molar-refractivity contribution in [1.82, 2.24) is 0 Å². The summed E-state index contributed by atoms with van der Waals surface area (Å²) in [5.74, 6) is 0. The SMILES string of the molecule is CCC(N)C(C)SC(C)CO. The smallest absolute Gasteiger partial charge is 0.0547 e. The second-order valence-electron chi connectivity index (χ2n) is 2.91. The first-order valence-electron chi connectivity index (χ1n) is 4.13. The molecule has 0 bridgehead atoms. The lowest BCUT2D eigenvalue weighted by Gasteiger charge is -2.20. The zero-order valence-corrected chi connectivity index (χ0v) is 8.40. The van der Waals surface area contributed by atoms with Crippen LogP contribution in [0.5, 0.6) is 0 Å². The van der Waals surface area contributed by atoms with Crippen LogP contribution in [0, 0.1) is 0 Å². The van der Waals surface area contributed by atoms with E-state index < -0.39 is 0 Å². The highest BCUT2D eigenvalue weighted by atomic mass is 32.2. The minimum Gasteiger partial charge on any atom is -0.395 e. The molecule has 0 amide bonds. The van der Waals surface area contributed by atoms with Crippen molar-refractivity contribution in [2.75, 3.05) is 6.61 Å². The van der Waals surface area contributed by atoms with Crippen LogP contribution in [0.3, 0.4) is 0 Å². The van der Waals surface area contributed by atoms with Crippen LogP contribution in [-0.2, 0) is 0 Å². The Hall–Kier alpha value is 0.270. The van der Waals surface area contributed by atoms with Crippen molar-refractivity contribution in [2.45, 2.75) is 43.7 Å². The molecule has 3 unspecified atom stereocenters. The van der Waals surface area contributed by atoms with Gasteiger partial charge in [-0.3, -0.25) is 0 Å². The molecule has 0 aromatic heterocycles. The third kappa shape index (κ3) is 4.67. The molecule has 68 valence electrons. The number of thioether (sulfide) groups is 1. The zero-order chi connectivity index (χ0) is 8.85. The summed E-state index contributed by atoms with van der Waals surface area (Å²) in [4.78, 5) is 0. The summed E-state index contributed by atoms with van der Waals surface area (Å²) in [5.41, 5.74) is 5.82. The lowest BCUT2D eigenvalue weighted by molar-refractivity contribution is 0.299. The maximum Gasteiger partial charge on any atom is 0.0547 e. The van der Waals surface area contributed by atoms with Gasteiger partial charge in [0.25, 0.3) is 0 Å². The molecule has 11 heavy (non-hydrogen) atoms. The average molecular weight is 177 g/mol. The third-order valence-corrected chi connectivity index (χ3v) is 3.17. The number of nitrogens with two attached hydrogens (primary N) is 1. The highest BCUT2D eigenvalue weighted by Crippen LogP contribution is 2.19. The Labute approximate surface area is 73.6 Å². The van der Waals surface area contributed by atoms with Crippen LogP contribution in [0.2, 0.25) is 0 Å². The highest BCUT2D eigenvalue weighted by Gasteiger charge is 2.13. The Morgan fingerprint density at radius 3 is 2.36 bits per heavy atom. The van der Waals surface area contributed by atoms with Crippen molar-refractivity contribution >= 4 is 11.8 Å². The number of hydrogen-bond acceptors (Lipinski definition) is 3. The fourth-order valence-corrected chi connectivity index (χ4v) is 2.06. The summed E-state index contributed by atoms with van der Waals surface area (Å²) in [7, 11) is 0. The number of hydrogen-bond donors (Lipinski definition) is 2. The summed E-state index contributed by atoms with van der Waals surface area (Å²) in [6.07, 6.45) is 1.01. The van der Waals surface area contributed by atoms with Crippen LogP contribution in [0.25, 0.3) is 0 Å². The molecule has 0 aliphatic heterocycles. The molecular formula is C8H19NOS. The monoisotopic (exact) mass is 177 g/mol. The normalized spacial score (nSPS) is 19.4. The molecule has 0 aromatic carbocycles. The van der Waals surface area contributed by atoms with Crippen molar-refractivity contribution in [2.24, 2.45) is 5.73 Å². The Bertz CT molecular complexity index is 100. The molecule has 0 heterocycles. The summed E-state index contributed by atoms with van der Waals surface area (Å²) in [6, 6.07) is 0.258. The van der Waals surface area contributed by atoms with E-state index >= 15 is 0 Å². The number of aliphatic hydroxyl groups is 1. The molecule has 0 saturated carbocycles. The molecule has 3 N–H and O–H groups in total.